The summed E-state index contributed by atoms with van der Waals surface area (Å²) in [5.74, 6) is 3.16. The van der Waals surface area contributed by atoms with Crippen LogP contribution in [-0.2, 0) is 20.1 Å². The second-order valence-electron chi connectivity index (χ2n) is 6.16. The van der Waals surface area contributed by atoms with Gasteiger partial charge in [0.1, 0.15) is 17.8 Å². The molecule has 28 heavy (non-hydrogen) atoms. The summed E-state index contributed by atoms with van der Waals surface area (Å²) in [5, 5.41) is 14.5. The first kappa shape index (κ1) is 21.7. The molecule has 0 spiro atoms. The lowest BCUT2D eigenvalue weighted by Crippen LogP contribution is -2.37. The van der Waals surface area contributed by atoms with Gasteiger partial charge in [-0.05, 0) is 30.7 Å². The molecule has 0 radical (unpaired) electrons. The summed E-state index contributed by atoms with van der Waals surface area (Å²) in [6.07, 6.45) is 1.67. The number of ether oxygens (including phenoxy) is 1. The number of para-hydroxylation sites is 1. The number of halogens is 1. The van der Waals surface area contributed by atoms with Crippen LogP contribution in [0, 0.1) is 6.92 Å². The molecule has 2 N–H and O–H groups in total. The number of hydrogen-bond acceptors (Lipinski definition) is 4. The molecule has 0 unspecified atom stereocenters. The van der Waals surface area contributed by atoms with E-state index in [9.17, 15) is 0 Å². The Hall–Kier alpha value is -2.62. The average molecular weight is 492 g/mol. The highest BCUT2D eigenvalue weighted by Crippen LogP contribution is 2.26. The third-order valence-corrected chi connectivity index (χ3v) is 4.08. The Kier molecular flexibility index (Phi) is 8.24. The van der Waals surface area contributed by atoms with Crippen LogP contribution in [0.3, 0.4) is 0 Å². The standard InChI is InChI=1S/C20H24N6O.HI/c1-15-9-10-16(18(11-15)27-17-7-5-4-6-8-17)12-22-20(21-2)23-13-19-25-24-14-26(19)3;/h4-11,14H,12-13H2,1-3H3,(H2,21,22,23);1H. The number of aliphatic imine (C=N–C) groups is 1. The number of nitrogens with zero attached hydrogens (tertiary/aromatic N) is 4. The number of nitrogens with one attached hydrogen (secondary N) is 2. The summed E-state index contributed by atoms with van der Waals surface area (Å²) in [6.45, 7) is 3.18. The fraction of sp³-hybridized carbons (Fsp3) is 0.250. The lowest BCUT2D eigenvalue weighted by Gasteiger charge is -2.15. The van der Waals surface area contributed by atoms with Gasteiger partial charge in [0, 0.05) is 26.2 Å². The number of rotatable bonds is 6. The van der Waals surface area contributed by atoms with Crippen molar-refractivity contribution in [1.29, 1.82) is 0 Å². The molecule has 0 amide bonds. The van der Waals surface area contributed by atoms with E-state index in [0.717, 1.165) is 28.5 Å². The Balaban J connectivity index is 0.00000280. The van der Waals surface area contributed by atoms with Gasteiger partial charge in [0.2, 0.25) is 0 Å². The molecule has 0 saturated carbocycles. The molecule has 0 saturated heterocycles. The summed E-state index contributed by atoms with van der Waals surface area (Å²) in [5.41, 5.74) is 2.19. The van der Waals surface area contributed by atoms with E-state index >= 15 is 0 Å². The molecule has 0 aliphatic rings. The third-order valence-electron chi connectivity index (χ3n) is 4.08. The van der Waals surface area contributed by atoms with Crippen LogP contribution >= 0.6 is 24.0 Å². The highest BCUT2D eigenvalue weighted by atomic mass is 127. The predicted octanol–water partition coefficient (Wildman–Crippen LogP) is 3.40. The summed E-state index contributed by atoms with van der Waals surface area (Å²) in [4.78, 5) is 4.26. The Morgan fingerprint density at radius 2 is 1.86 bits per heavy atom. The van der Waals surface area contributed by atoms with Gasteiger partial charge in [-0.15, -0.1) is 34.2 Å². The van der Waals surface area contributed by atoms with Crippen LogP contribution in [0.2, 0.25) is 0 Å². The summed E-state index contributed by atoms with van der Waals surface area (Å²) in [7, 11) is 3.65. The maximum atomic E-state index is 6.07. The van der Waals surface area contributed by atoms with Gasteiger partial charge >= 0.3 is 0 Å². The van der Waals surface area contributed by atoms with Crippen LogP contribution in [0.4, 0.5) is 0 Å². The monoisotopic (exact) mass is 492 g/mol. The summed E-state index contributed by atoms with van der Waals surface area (Å²) >= 11 is 0. The molecule has 1 aromatic heterocycles. The minimum atomic E-state index is 0. The molecule has 1 heterocycles. The van der Waals surface area contributed by atoms with Crippen molar-refractivity contribution < 1.29 is 4.74 Å². The number of benzene rings is 2. The van der Waals surface area contributed by atoms with Crippen molar-refractivity contribution >= 4 is 29.9 Å². The minimum Gasteiger partial charge on any atom is -0.457 e. The molecule has 8 heteroatoms. The molecule has 148 valence electrons. The smallest absolute Gasteiger partial charge is 0.191 e. The maximum Gasteiger partial charge on any atom is 0.191 e. The van der Waals surface area contributed by atoms with Crippen LogP contribution in [0.1, 0.15) is 17.0 Å². The first-order chi connectivity index (χ1) is 13.2. The zero-order chi connectivity index (χ0) is 19.1. The molecule has 0 aliphatic carbocycles. The van der Waals surface area contributed by atoms with Crippen LogP contribution in [-0.4, -0.2) is 27.8 Å². The maximum absolute atomic E-state index is 6.07. The topological polar surface area (TPSA) is 76.4 Å². The third kappa shape index (κ3) is 5.95. The van der Waals surface area contributed by atoms with Gasteiger partial charge in [0.25, 0.3) is 0 Å². The minimum absolute atomic E-state index is 0. The van der Waals surface area contributed by atoms with Crippen molar-refractivity contribution in [2.75, 3.05) is 7.05 Å². The van der Waals surface area contributed by atoms with E-state index in [1.54, 1.807) is 13.4 Å². The number of guanidine groups is 1. The molecular weight excluding hydrogens is 467 g/mol. The lowest BCUT2D eigenvalue weighted by molar-refractivity contribution is 0.474. The molecule has 0 fully saturated rings. The quantitative estimate of drug-likeness (QED) is 0.314. The molecule has 3 aromatic rings. The molecule has 0 aliphatic heterocycles. The summed E-state index contributed by atoms with van der Waals surface area (Å²) in [6, 6.07) is 16.0. The zero-order valence-corrected chi connectivity index (χ0v) is 18.5. The van der Waals surface area contributed by atoms with E-state index < -0.39 is 0 Å². The van der Waals surface area contributed by atoms with Crippen molar-refractivity contribution in [1.82, 2.24) is 25.4 Å². The van der Waals surface area contributed by atoms with Crippen LogP contribution in [0.25, 0.3) is 0 Å². The largest absolute Gasteiger partial charge is 0.457 e. The molecule has 7 nitrogen and oxygen atoms in total. The number of aromatic nitrogens is 3. The molecular formula is C20H25IN6O. The molecule has 2 aromatic carbocycles. The second-order valence-corrected chi connectivity index (χ2v) is 6.16. The van der Waals surface area contributed by atoms with E-state index in [-0.39, 0.29) is 24.0 Å². The Labute approximate surface area is 182 Å². The van der Waals surface area contributed by atoms with Gasteiger partial charge in [-0.2, -0.15) is 0 Å². The van der Waals surface area contributed by atoms with Gasteiger partial charge in [-0.25, -0.2) is 0 Å². The first-order valence-corrected chi connectivity index (χ1v) is 8.75. The van der Waals surface area contributed by atoms with Crippen molar-refractivity contribution in [3.8, 4) is 11.5 Å². The number of hydrogen-bond donors (Lipinski definition) is 2. The SMILES string of the molecule is CN=C(NCc1ccc(C)cc1Oc1ccccc1)NCc1nncn1C.I. The Bertz CT molecular complexity index is 910. The van der Waals surface area contributed by atoms with E-state index in [1.165, 1.54) is 0 Å². The highest BCUT2D eigenvalue weighted by Gasteiger charge is 2.08. The van der Waals surface area contributed by atoms with Crippen molar-refractivity contribution in [3.05, 3.63) is 71.8 Å². The van der Waals surface area contributed by atoms with Gasteiger partial charge in [0.15, 0.2) is 11.8 Å². The molecule has 0 atom stereocenters. The van der Waals surface area contributed by atoms with Gasteiger partial charge < -0.3 is 19.9 Å². The van der Waals surface area contributed by atoms with E-state index in [2.05, 4.69) is 44.9 Å². The first-order valence-electron chi connectivity index (χ1n) is 8.75. The van der Waals surface area contributed by atoms with Crippen LogP contribution in [0.15, 0.2) is 59.9 Å². The molecule has 0 bridgehead atoms. The van der Waals surface area contributed by atoms with Gasteiger partial charge in [-0.3, -0.25) is 4.99 Å². The van der Waals surface area contributed by atoms with Crippen LogP contribution in [0.5, 0.6) is 11.5 Å². The molecule has 3 rings (SSSR count). The predicted molar refractivity (Wildman–Crippen MR) is 121 cm³/mol. The van der Waals surface area contributed by atoms with E-state index in [1.807, 2.05) is 48.0 Å². The van der Waals surface area contributed by atoms with E-state index in [4.69, 9.17) is 4.74 Å². The van der Waals surface area contributed by atoms with Crippen molar-refractivity contribution in [3.63, 3.8) is 0 Å². The Morgan fingerprint density at radius 3 is 2.54 bits per heavy atom. The van der Waals surface area contributed by atoms with Gasteiger partial charge in [0.05, 0.1) is 6.54 Å². The second kappa shape index (κ2) is 10.6. The van der Waals surface area contributed by atoms with E-state index in [0.29, 0.717) is 19.0 Å². The van der Waals surface area contributed by atoms with Crippen LogP contribution < -0.4 is 15.4 Å². The number of aryl methyl sites for hydroxylation is 2. The van der Waals surface area contributed by atoms with Crippen molar-refractivity contribution in [2.24, 2.45) is 12.0 Å². The summed E-state index contributed by atoms with van der Waals surface area (Å²) < 4.78 is 7.94. The lowest BCUT2D eigenvalue weighted by atomic mass is 10.1. The fourth-order valence-electron chi connectivity index (χ4n) is 2.55. The van der Waals surface area contributed by atoms with Crippen molar-refractivity contribution in [2.45, 2.75) is 20.0 Å². The Morgan fingerprint density at radius 1 is 1.11 bits per heavy atom. The zero-order valence-electron chi connectivity index (χ0n) is 16.2. The normalized spacial score (nSPS) is 10.9. The fourth-order valence-corrected chi connectivity index (χ4v) is 2.55. The average Bonchev–Trinajstić information content (AvgIpc) is 3.09. The highest BCUT2D eigenvalue weighted by molar-refractivity contribution is 14.0. The van der Waals surface area contributed by atoms with Gasteiger partial charge in [-0.1, -0.05) is 30.3 Å².